The molecule has 0 aromatic heterocycles. The molecule has 1 fully saturated rings. The number of rotatable bonds is 2. The Balaban J connectivity index is 2.28. The van der Waals surface area contributed by atoms with Gasteiger partial charge >= 0.3 is 5.97 Å². The fourth-order valence-electron chi connectivity index (χ4n) is 3.52. The number of carbonyl (C=O) groups is 1. The normalized spacial score (nSPS) is 33.2. The van der Waals surface area contributed by atoms with Crippen molar-refractivity contribution in [2.24, 2.45) is 23.7 Å². The Kier molecular flexibility index (Phi) is 3.41. The van der Waals surface area contributed by atoms with Crippen LogP contribution >= 0.6 is 0 Å². The van der Waals surface area contributed by atoms with Crippen LogP contribution in [0.4, 0.5) is 0 Å². The summed E-state index contributed by atoms with van der Waals surface area (Å²) in [7, 11) is 0. The predicted molar refractivity (Wildman–Crippen MR) is 68.6 cm³/mol. The molecule has 0 saturated heterocycles. The highest BCUT2D eigenvalue weighted by Gasteiger charge is 2.38. The first kappa shape index (κ1) is 12.4. The number of carboxylic acid groups (broad SMARTS) is 1. The summed E-state index contributed by atoms with van der Waals surface area (Å²) < 4.78 is 0. The number of aliphatic carboxylic acids is 1. The maximum absolute atomic E-state index is 11.1. The van der Waals surface area contributed by atoms with E-state index in [9.17, 15) is 4.79 Å². The summed E-state index contributed by atoms with van der Waals surface area (Å²) in [5.74, 6) is 1.46. The zero-order valence-electron chi connectivity index (χ0n) is 10.8. The monoisotopic (exact) mass is 234 g/mol. The van der Waals surface area contributed by atoms with Crippen molar-refractivity contribution in [3.8, 4) is 0 Å². The Morgan fingerprint density at radius 3 is 2.71 bits per heavy atom. The van der Waals surface area contributed by atoms with Gasteiger partial charge in [0.05, 0.1) is 0 Å². The summed E-state index contributed by atoms with van der Waals surface area (Å²) in [5.41, 5.74) is 1.96. The highest BCUT2D eigenvalue weighted by molar-refractivity contribution is 5.86. The number of carboxylic acids is 1. The van der Waals surface area contributed by atoms with Crippen molar-refractivity contribution in [2.45, 2.75) is 39.5 Å². The molecular weight excluding hydrogens is 212 g/mol. The van der Waals surface area contributed by atoms with Crippen LogP contribution in [0, 0.1) is 23.7 Å². The molecule has 2 rings (SSSR count). The maximum Gasteiger partial charge on any atom is 0.331 e. The molecule has 1 saturated carbocycles. The summed E-state index contributed by atoms with van der Waals surface area (Å²) in [6, 6.07) is 0. The molecule has 2 heteroatoms. The molecule has 2 aliphatic carbocycles. The largest absolute Gasteiger partial charge is 0.478 e. The first-order valence-corrected chi connectivity index (χ1v) is 6.62. The van der Waals surface area contributed by atoms with Crippen LogP contribution in [0.3, 0.4) is 0 Å². The smallest absolute Gasteiger partial charge is 0.331 e. The summed E-state index contributed by atoms with van der Waals surface area (Å²) in [6.07, 6.45) is 6.01. The average molecular weight is 234 g/mol. The molecule has 0 aliphatic heterocycles. The van der Waals surface area contributed by atoms with E-state index in [0.29, 0.717) is 35.7 Å². The third-order valence-electron chi connectivity index (χ3n) is 4.53. The number of fused-ring (bicyclic) bond motifs is 1. The maximum atomic E-state index is 11.1. The molecule has 3 atom stereocenters. The molecule has 2 nitrogen and oxygen atoms in total. The van der Waals surface area contributed by atoms with Crippen LogP contribution in [0.5, 0.6) is 0 Å². The number of hydrogen-bond donors (Lipinski definition) is 1. The Hall–Kier alpha value is -1.05. The highest BCUT2D eigenvalue weighted by atomic mass is 16.4. The van der Waals surface area contributed by atoms with Gasteiger partial charge in [0.2, 0.25) is 0 Å². The molecule has 0 amide bonds. The van der Waals surface area contributed by atoms with Crippen molar-refractivity contribution in [3.63, 3.8) is 0 Å². The Morgan fingerprint density at radius 1 is 1.41 bits per heavy atom. The van der Waals surface area contributed by atoms with E-state index >= 15 is 0 Å². The second kappa shape index (κ2) is 4.67. The van der Waals surface area contributed by atoms with Gasteiger partial charge < -0.3 is 5.11 Å². The van der Waals surface area contributed by atoms with Gasteiger partial charge in [0.15, 0.2) is 0 Å². The summed E-state index contributed by atoms with van der Waals surface area (Å²) in [5, 5.41) is 9.13. The number of hydrogen-bond acceptors (Lipinski definition) is 1. The second-order valence-corrected chi connectivity index (χ2v) is 5.82. The highest BCUT2D eigenvalue weighted by Crippen LogP contribution is 2.47. The van der Waals surface area contributed by atoms with E-state index in [1.54, 1.807) is 0 Å². The predicted octanol–water partition coefficient (Wildman–Crippen LogP) is 3.65. The van der Waals surface area contributed by atoms with Crippen molar-refractivity contribution in [2.75, 3.05) is 0 Å². The third-order valence-corrected chi connectivity index (χ3v) is 4.53. The fourth-order valence-corrected chi connectivity index (χ4v) is 3.52. The van der Waals surface area contributed by atoms with E-state index in [2.05, 4.69) is 20.4 Å². The minimum Gasteiger partial charge on any atom is -0.478 e. The van der Waals surface area contributed by atoms with Crippen LogP contribution < -0.4 is 0 Å². The molecule has 0 radical (unpaired) electrons. The molecule has 17 heavy (non-hydrogen) atoms. The van der Waals surface area contributed by atoms with E-state index in [4.69, 9.17) is 5.11 Å². The van der Waals surface area contributed by atoms with Gasteiger partial charge in [-0.05, 0) is 49.4 Å². The molecule has 0 unspecified atom stereocenters. The summed E-state index contributed by atoms with van der Waals surface area (Å²) >= 11 is 0. The molecule has 94 valence electrons. The average Bonchev–Trinajstić information content (AvgIpc) is 2.28. The van der Waals surface area contributed by atoms with Gasteiger partial charge in [0.25, 0.3) is 0 Å². The van der Waals surface area contributed by atoms with Crippen molar-refractivity contribution in [1.82, 2.24) is 0 Å². The quantitative estimate of drug-likeness (QED) is 0.740. The molecule has 0 aromatic rings. The van der Waals surface area contributed by atoms with Gasteiger partial charge in [0, 0.05) is 5.57 Å². The zero-order valence-corrected chi connectivity index (χ0v) is 10.8. The first-order valence-electron chi connectivity index (χ1n) is 6.62. The van der Waals surface area contributed by atoms with Crippen molar-refractivity contribution >= 4 is 5.97 Å². The second-order valence-electron chi connectivity index (χ2n) is 5.82. The molecule has 0 aromatic carbocycles. The fraction of sp³-hybridized carbons (Fsp3) is 0.667. The van der Waals surface area contributed by atoms with Crippen molar-refractivity contribution < 1.29 is 9.90 Å². The van der Waals surface area contributed by atoms with E-state index in [0.717, 1.165) is 12.8 Å². The Bertz CT molecular complexity index is 365. The van der Waals surface area contributed by atoms with Crippen LogP contribution in [0.2, 0.25) is 0 Å². The lowest BCUT2D eigenvalue weighted by Gasteiger charge is -2.42. The molecule has 0 heterocycles. The van der Waals surface area contributed by atoms with Crippen LogP contribution in [0.1, 0.15) is 39.5 Å². The lowest BCUT2D eigenvalue weighted by molar-refractivity contribution is -0.133. The molecule has 0 bridgehead atoms. The number of allylic oxidation sites excluding steroid dienone is 2. The summed E-state index contributed by atoms with van der Waals surface area (Å²) in [4.78, 5) is 11.1. The summed E-state index contributed by atoms with van der Waals surface area (Å²) in [6.45, 7) is 8.68. The topological polar surface area (TPSA) is 37.3 Å². The molecule has 1 N–H and O–H groups in total. The van der Waals surface area contributed by atoms with E-state index < -0.39 is 5.97 Å². The SMILES string of the molecule is C=C1CC[C@H](C(C)C)[C@H]2C=C(C(=O)O)CC[C@H]12. The Morgan fingerprint density at radius 2 is 2.12 bits per heavy atom. The van der Waals surface area contributed by atoms with Gasteiger partial charge in [-0.2, -0.15) is 0 Å². The van der Waals surface area contributed by atoms with Crippen molar-refractivity contribution in [3.05, 3.63) is 23.8 Å². The lowest BCUT2D eigenvalue weighted by Crippen LogP contribution is -2.34. The third kappa shape index (κ3) is 2.31. The minimum absolute atomic E-state index is 0.413. The van der Waals surface area contributed by atoms with Crippen LogP contribution in [0.25, 0.3) is 0 Å². The minimum atomic E-state index is -0.734. The van der Waals surface area contributed by atoms with Crippen LogP contribution in [-0.2, 0) is 4.79 Å². The van der Waals surface area contributed by atoms with Crippen molar-refractivity contribution in [1.29, 1.82) is 0 Å². The van der Waals surface area contributed by atoms with Crippen LogP contribution in [0.15, 0.2) is 23.8 Å². The van der Waals surface area contributed by atoms with E-state index in [1.807, 2.05) is 6.08 Å². The van der Waals surface area contributed by atoms with Gasteiger partial charge in [0.1, 0.15) is 0 Å². The van der Waals surface area contributed by atoms with Gasteiger partial charge in [-0.3, -0.25) is 0 Å². The Labute approximate surface area is 103 Å². The zero-order chi connectivity index (χ0) is 12.6. The van der Waals surface area contributed by atoms with Gasteiger partial charge in [-0.25, -0.2) is 4.79 Å². The molecule has 2 aliphatic rings. The molecule has 0 spiro atoms. The van der Waals surface area contributed by atoms with Crippen LogP contribution in [-0.4, -0.2) is 11.1 Å². The first-order chi connectivity index (χ1) is 8.00. The van der Waals surface area contributed by atoms with E-state index in [-0.39, 0.29) is 0 Å². The standard InChI is InChI=1S/C15H22O2/c1-9(2)12-6-4-10(3)13-7-5-11(15(16)17)8-14(12)13/h8-9,12-14H,3-7H2,1-2H3,(H,16,17)/t12-,13-,14-/m1/s1. The van der Waals surface area contributed by atoms with Gasteiger partial charge in [-0.1, -0.05) is 32.1 Å². The molecular formula is C15H22O2. The lowest BCUT2D eigenvalue weighted by atomic mass is 9.62. The van der Waals surface area contributed by atoms with E-state index in [1.165, 1.54) is 12.0 Å². The van der Waals surface area contributed by atoms with Gasteiger partial charge in [-0.15, -0.1) is 0 Å².